The molecule has 3 N–H and O–H groups in total. The lowest BCUT2D eigenvalue weighted by atomic mass is 9.86. The maximum Gasteiger partial charge on any atom is 0.239 e. The molecule has 1 aromatic heterocycles. The van der Waals surface area contributed by atoms with Gasteiger partial charge in [-0.3, -0.25) is 14.6 Å². The molecule has 1 aromatic carbocycles. The number of H-pyrrole nitrogens is 1. The van der Waals surface area contributed by atoms with Gasteiger partial charge in [-0.1, -0.05) is 24.3 Å². The molecule has 0 atom stereocenters. The Morgan fingerprint density at radius 1 is 0.824 bits per heavy atom. The number of Topliss-reactive ketones (excluding diaryl/α,β-unsaturated/α-hetero) is 2. The van der Waals surface area contributed by atoms with Crippen LogP contribution in [0.5, 0.6) is 11.8 Å². The van der Waals surface area contributed by atoms with Crippen LogP contribution in [0.2, 0.25) is 0 Å². The van der Waals surface area contributed by atoms with Crippen LogP contribution in [0, 0.1) is 0 Å². The first-order chi connectivity index (χ1) is 8.11. The van der Waals surface area contributed by atoms with Gasteiger partial charge in [-0.25, -0.2) is 0 Å². The Morgan fingerprint density at radius 3 is 2.12 bits per heavy atom. The van der Waals surface area contributed by atoms with E-state index in [4.69, 9.17) is 0 Å². The third kappa shape index (κ3) is 1.08. The van der Waals surface area contributed by atoms with E-state index in [9.17, 15) is 19.8 Å². The highest BCUT2D eigenvalue weighted by molar-refractivity contribution is 6.53. The molecule has 0 fully saturated rings. The molecule has 1 aliphatic carbocycles. The molecule has 0 unspecified atom stereocenters. The van der Waals surface area contributed by atoms with E-state index < -0.39 is 17.4 Å². The van der Waals surface area contributed by atoms with Crippen LogP contribution in [0.4, 0.5) is 0 Å². The van der Waals surface area contributed by atoms with E-state index >= 15 is 0 Å². The fourth-order valence-corrected chi connectivity index (χ4v) is 2.09. The number of hydrogen-bond acceptors (Lipinski definition) is 4. The topological polar surface area (TPSA) is 90.4 Å². The van der Waals surface area contributed by atoms with Gasteiger partial charge in [-0.15, -0.1) is 0 Å². The van der Waals surface area contributed by atoms with Gasteiger partial charge in [-0.2, -0.15) is 0 Å². The maximum absolute atomic E-state index is 11.8. The third-order valence-corrected chi connectivity index (χ3v) is 2.83. The zero-order valence-electron chi connectivity index (χ0n) is 8.52. The summed E-state index contributed by atoms with van der Waals surface area (Å²) >= 11 is 0. The summed E-state index contributed by atoms with van der Waals surface area (Å²) in [5.41, 5.74) is 0.703. The molecule has 0 amide bonds. The van der Waals surface area contributed by atoms with Crippen LogP contribution in [-0.2, 0) is 0 Å². The van der Waals surface area contributed by atoms with Crippen LogP contribution < -0.4 is 0 Å². The maximum atomic E-state index is 11.8. The third-order valence-electron chi connectivity index (χ3n) is 2.83. The number of benzene rings is 1. The lowest BCUT2D eigenvalue weighted by molar-refractivity contribution is 0.0813. The highest BCUT2D eigenvalue weighted by Gasteiger charge is 2.36. The van der Waals surface area contributed by atoms with E-state index in [1.54, 1.807) is 18.2 Å². The minimum atomic E-state index is -0.812. The second-order valence-electron chi connectivity index (χ2n) is 3.78. The summed E-state index contributed by atoms with van der Waals surface area (Å²) in [6.07, 6.45) is 0. The average Bonchev–Trinajstić information content (AvgIpc) is 2.62. The smallest absolute Gasteiger partial charge is 0.239 e. The van der Waals surface area contributed by atoms with Gasteiger partial charge in [0, 0.05) is 5.56 Å². The van der Waals surface area contributed by atoms with Crippen molar-refractivity contribution in [2.24, 2.45) is 0 Å². The van der Waals surface area contributed by atoms with Crippen LogP contribution in [0.25, 0.3) is 11.1 Å². The predicted molar refractivity (Wildman–Crippen MR) is 58.2 cm³/mol. The standard InChI is InChI=1S/C12H7NO4/c14-9-6-4-2-1-3-5(6)7-8(10(9)15)12(17)13-11(7)16/h1-4,13,16-17H. The quantitative estimate of drug-likeness (QED) is 0.596. The van der Waals surface area contributed by atoms with Gasteiger partial charge in [0.15, 0.2) is 5.88 Å². The van der Waals surface area contributed by atoms with Crippen molar-refractivity contribution < 1.29 is 19.8 Å². The Bertz CT molecular complexity index is 669. The summed E-state index contributed by atoms with van der Waals surface area (Å²) in [6.45, 7) is 0. The zero-order chi connectivity index (χ0) is 12.2. The van der Waals surface area contributed by atoms with E-state index in [0.29, 0.717) is 5.56 Å². The lowest BCUT2D eigenvalue weighted by Crippen LogP contribution is -2.20. The molecule has 5 heteroatoms. The number of nitrogens with one attached hydrogen (secondary N) is 1. The van der Waals surface area contributed by atoms with Crippen LogP contribution in [0.15, 0.2) is 24.3 Å². The summed E-state index contributed by atoms with van der Waals surface area (Å²) in [5, 5.41) is 19.2. The molecule has 1 heterocycles. The number of aromatic amines is 1. The number of hydrogen-bond donors (Lipinski definition) is 3. The van der Waals surface area contributed by atoms with E-state index in [-0.39, 0.29) is 22.6 Å². The number of carbonyl (C=O) groups is 2. The normalized spacial score (nSPS) is 13.4. The van der Waals surface area contributed by atoms with E-state index in [0.717, 1.165) is 0 Å². The molecule has 3 rings (SSSR count). The first-order valence-corrected chi connectivity index (χ1v) is 4.93. The summed E-state index contributed by atoms with van der Waals surface area (Å²) in [4.78, 5) is 25.8. The number of ketones is 2. The average molecular weight is 229 g/mol. The molecule has 0 saturated carbocycles. The van der Waals surface area contributed by atoms with E-state index in [2.05, 4.69) is 4.98 Å². The largest absolute Gasteiger partial charge is 0.494 e. The van der Waals surface area contributed by atoms with Gasteiger partial charge < -0.3 is 10.2 Å². The van der Waals surface area contributed by atoms with Gasteiger partial charge in [-0.05, 0) is 5.56 Å². The highest BCUT2D eigenvalue weighted by Crippen LogP contribution is 2.43. The molecule has 17 heavy (non-hydrogen) atoms. The van der Waals surface area contributed by atoms with Crippen molar-refractivity contribution >= 4 is 11.6 Å². The molecule has 84 valence electrons. The van der Waals surface area contributed by atoms with Crippen LogP contribution in [0.1, 0.15) is 20.7 Å². The van der Waals surface area contributed by atoms with Gasteiger partial charge in [0.1, 0.15) is 0 Å². The molecule has 0 bridgehead atoms. The Hall–Kier alpha value is -2.56. The van der Waals surface area contributed by atoms with Gasteiger partial charge in [0.05, 0.1) is 11.1 Å². The Balaban J connectivity index is 2.46. The van der Waals surface area contributed by atoms with Gasteiger partial charge in [0.25, 0.3) is 0 Å². The Morgan fingerprint density at radius 2 is 1.41 bits per heavy atom. The molecule has 0 spiro atoms. The molecule has 2 aromatic rings. The Kier molecular flexibility index (Phi) is 1.69. The Labute approximate surface area is 95.3 Å². The highest BCUT2D eigenvalue weighted by atomic mass is 16.3. The van der Waals surface area contributed by atoms with Gasteiger partial charge >= 0.3 is 0 Å². The number of aromatic nitrogens is 1. The molecule has 0 radical (unpaired) electrons. The summed E-state index contributed by atoms with van der Waals surface area (Å²) in [7, 11) is 0. The minimum Gasteiger partial charge on any atom is -0.494 e. The fraction of sp³-hybridized carbons (Fsp3) is 0. The molecular weight excluding hydrogens is 222 g/mol. The fourth-order valence-electron chi connectivity index (χ4n) is 2.09. The van der Waals surface area contributed by atoms with E-state index in [1.165, 1.54) is 6.07 Å². The SMILES string of the molecule is O=C1C(=O)c2c(O)[nH]c(O)c2-c2ccccc21. The number of carbonyl (C=O) groups excluding carboxylic acids is 2. The zero-order valence-corrected chi connectivity index (χ0v) is 8.52. The summed E-state index contributed by atoms with van der Waals surface area (Å²) < 4.78 is 0. The monoisotopic (exact) mass is 229 g/mol. The number of rotatable bonds is 0. The first-order valence-electron chi connectivity index (χ1n) is 4.93. The predicted octanol–water partition coefficient (Wildman–Crippen LogP) is 1.47. The molecule has 0 saturated heterocycles. The van der Waals surface area contributed by atoms with Crippen LogP contribution in [0.3, 0.4) is 0 Å². The van der Waals surface area contributed by atoms with Crippen molar-refractivity contribution in [3.05, 3.63) is 35.4 Å². The second kappa shape index (κ2) is 2.98. The summed E-state index contributed by atoms with van der Waals surface area (Å²) in [6, 6.07) is 6.46. The molecule has 1 aliphatic rings. The molecule has 0 aliphatic heterocycles. The van der Waals surface area contributed by atoms with Crippen molar-refractivity contribution in [2.45, 2.75) is 0 Å². The summed E-state index contributed by atoms with van der Waals surface area (Å²) in [5.74, 6) is -2.29. The van der Waals surface area contributed by atoms with Crippen LogP contribution in [-0.4, -0.2) is 26.8 Å². The van der Waals surface area contributed by atoms with Gasteiger partial charge in [0.2, 0.25) is 17.4 Å². The lowest BCUT2D eigenvalue weighted by Gasteiger charge is -2.13. The number of fused-ring (bicyclic) bond motifs is 3. The first kappa shape index (κ1) is 9.65. The molecule has 5 nitrogen and oxygen atoms in total. The van der Waals surface area contributed by atoms with E-state index in [1.807, 2.05) is 0 Å². The van der Waals surface area contributed by atoms with Crippen molar-refractivity contribution in [3.8, 4) is 22.9 Å². The van der Waals surface area contributed by atoms with Crippen molar-refractivity contribution in [1.29, 1.82) is 0 Å². The number of aromatic hydroxyl groups is 2. The van der Waals surface area contributed by atoms with Crippen molar-refractivity contribution in [1.82, 2.24) is 4.98 Å². The van der Waals surface area contributed by atoms with Crippen molar-refractivity contribution in [2.75, 3.05) is 0 Å². The molecular formula is C12H7NO4. The van der Waals surface area contributed by atoms with Crippen LogP contribution >= 0.6 is 0 Å². The van der Waals surface area contributed by atoms with Crippen molar-refractivity contribution in [3.63, 3.8) is 0 Å². The second-order valence-corrected chi connectivity index (χ2v) is 3.78. The minimum absolute atomic E-state index is 0.161.